The molecule has 0 bridgehead atoms. The lowest BCUT2D eigenvalue weighted by Gasteiger charge is -2.12. The molecule has 0 saturated carbocycles. The number of fused-ring (bicyclic) bond motifs is 1. The van der Waals surface area contributed by atoms with Crippen molar-refractivity contribution in [3.63, 3.8) is 0 Å². The molecule has 4 rings (SSSR count). The fourth-order valence-corrected chi connectivity index (χ4v) is 3.50. The van der Waals surface area contributed by atoms with Crippen LogP contribution in [-0.2, 0) is 6.61 Å². The first-order chi connectivity index (χ1) is 16.0. The lowest BCUT2D eigenvalue weighted by atomic mass is 10.1. The first-order valence-corrected chi connectivity index (χ1v) is 10.3. The normalized spacial score (nSPS) is 10.6. The number of carbonyl (C=O) groups excluding carboxylic acids is 1. The van der Waals surface area contributed by atoms with Gasteiger partial charge in [0, 0.05) is 35.1 Å². The first-order valence-electron chi connectivity index (χ1n) is 10.3. The number of anilines is 1. The largest absolute Gasteiger partial charge is 0.493 e. The molecule has 0 radical (unpaired) electrons. The smallest absolute Gasteiger partial charge is 0.255 e. The van der Waals surface area contributed by atoms with Gasteiger partial charge in [-0.15, -0.1) is 0 Å². The average Bonchev–Trinajstić information content (AvgIpc) is 2.82. The summed E-state index contributed by atoms with van der Waals surface area (Å²) in [6, 6.07) is 19.4. The van der Waals surface area contributed by atoms with Gasteiger partial charge in [0.15, 0.2) is 11.5 Å². The summed E-state index contributed by atoms with van der Waals surface area (Å²) in [6.07, 6.45) is 1.77. The molecule has 2 heterocycles. The number of carbonyl (C=O) groups is 1. The van der Waals surface area contributed by atoms with Crippen molar-refractivity contribution in [2.75, 3.05) is 19.5 Å². The minimum absolute atomic E-state index is 0.109. The maximum absolute atomic E-state index is 12.7. The standard InChI is InChI=1S/C26H24N2O5/c1-17-9-10-28-21(11-17)12-18(13-25(28)29)16-33-22-6-4-5-20(15-22)27-26(30)19-7-8-23(31-2)24(14-19)32-3/h4-15H,16H2,1-3H3,(H,27,30). The summed E-state index contributed by atoms with van der Waals surface area (Å²) < 4.78 is 18.0. The summed E-state index contributed by atoms with van der Waals surface area (Å²) >= 11 is 0. The quantitative estimate of drug-likeness (QED) is 0.456. The number of nitrogens with zero attached hydrogens (tertiary/aromatic N) is 1. The van der Waals surface area contributed by atoms with Crippen LogP contribution in [0.15, 0.2) is 77.7 Å². The Morgan fingerprint density at radius 2 is 1.76 bits per heavy atom. The Labute approximate surface area is 191 Å². The number of aromatic nitrogens is 1. The van der Waals surface area contributed by atoms with E-state index < -0.39 is 0 Å². The fourth-order valence-electron chi connectivity index (χ4n) is 3.50. The number of ether oxygens (including phenoxy) is 3. The predicted molar refractivity (Wildman–Crippen MR) is 127 cm³/mol. The van der Waals surface area contributed by atoms with Crippen LogP contribution in [0.2, 0.25) is 0 Å². The number of aryl methyl sites for hydroxylation is 1. The van der Waals surface area contributed by atoms with Crippen LogP contribution in [0, 0.1) is 6.92 Å². The molecular formula is C26H24N2O5. The number of hydrogen-bond donors (Lipinski definition) is 1. The summed E-state index contributed by atoms with van der Waals surface area (Å²) in [6.45, 7) is 2.21. The lowest BCUT2D eigenvalue weighted by molar-refractivity contribution is 0.102. The number of amides is 1. The van der Waals surface area contributed by atoms with E-state index in [0.717, 1.165) is 16.6 Å². The van der Waals surface area contributed by atoms with Crippen molar-refractivity contribution in [3.8, 4) is 17.2 Å². The molecule has 0 aliphatic rings. The first kappa shape index (κ1) is 22.0. The third-order valence-electron chi connectivity index (χ3n) is 5.16. The highest BCUT2D eigenvalue weighted by atomic mass is 16.5. The van der Waals surface area contributed by atoms with Crippen LogP contribution in [0.5, 0.6) is 17.2 Å². The second kappa shape index (κ2) is 9.48. The number of pyridine rings is 2. The molecular weight excluding hydrogens is 420 g/mol. The van der Waals surface area contributed by atoms with Gasteiger partial charge < -0.3 is 19.5 Å². The monoisotopic (exact) mass is 444 g/mol. The van der Waals surface area contributed by atoms with Gasteiger partial charge in [-0.3, -0.25) is 14.0 Å². The van der Waals surface area contributed by atoms with E-state index in [-0.39, 0.29) is 18.1 Å². The molecule has 7 heteroatoms. The number of nitrogens with one attached hydrogen (secondary N) is 1. The number of benzene rings is 2. The van der Waals surface area contributed by atoms with Gasteiger partial charge in [0.2, 0.25) is 0 Å². The molecule has 1 N–H and O–H groups in total. The van der Waals surface area contributed by atoms with Crippen molar-refractivity contribution in [1.29, 1.82) is 0 Å². The van der Waals surface area contributed by atoms with Crippen molar-refractivity contribution in [2.24, 2.45) is 0 Å². The van der Waals surface area contributed by atoms with Crippen molar-refractivity contribution in [2.45, 2.75) is 13.5 Å². The molecule has 0 aliphatic carbocycles. The molecule has 0 unspecified atom stereocenters. The number of methoxy groups -OCH3 is 2. The van der Waals surface area contributed by atoms with Gasteiger partial charge in [-0.1, -0.05) is 6.07 Å². The molecule has 0 saturated heterocycles. The van der Waals surface area contributed by atoms with Gasteiger partial charge in [-0.25, -0.2) is 0 Å². The molecule has 1 amide bonds. The average molecular weight is 444 g/mol. The Kier molecular flexibility index (Phi) is 6.31. The molecule has 0 aliphatic heterocycles. The Morgan fingerprint density at radius 3 is 2.55 bits per heavy atom. The zero-order valence-corrected chi connectivity index (χ0v) is 18.6. The second-order valence-corrected chi connectivity index (χ2v) is 7.54. The highest BCUT2D eigenvalue weighted by Gasteiger charge is 2.11. The van der Waals surface area contributed by atoms with E-state index in [1.807, 2.05) is 25.1 Å². The van der Waals surface area contributed by atoms with Crippen LogP contribution in [0.3, 0.4) is 0 Å². The zero-order valence-electron chi connectivity index (χ0n) is 18.6. The minimum atomic E-state index is -0.286. The van der Waals surface area contributed by atoms with Gasteiger partial charge in [-0.2, -0.15) is 0 Å². The van der Waals surface area contributed by atoms with Crippen LogP contribution in [0.1, 0.15) is 21.5 Å². The van der Waals surface area contributed by atoms with Crippen LogP contribution >= 0.6 is 0 Å². The van der Waals surface area contributed by atoms with Crippen LogP contribution in [0.4, 0.5) is 5.69 Å². The molecule has 0 fully saturated rings. The molecule has 0 atom stereocenters. The molecule has 0 spiro atoms. The summed E-state index contributed by atoms with van der Waals surface area (Å²) in [7, 11) is 3.06. The molecule has 33 heavy (non-hydrogen) atoms. The van der Waals surface area contributed by atoms with Crippen molar-refractivity contribution >= 4 is 17.1 Å². The Balaban J connectivity index is 1.47. The Bertz CT molecular complexity index is 1380. The van der Waals surface area contributed by atoms with E-state index in [4.69, 9.17) is 14.2 Å². The summed E-state index contributed by atoms with van der Waals surface area (Å²) in [5.41, 5.74) is 3.57. The van der Waals surface area contributed by atoms with Gasteiger partial charge in [0.25, 0.3) is 11.5 Å². The van der Waals surface area contributed by atoms with Gasteiger partial charge in [-0.05, 0) is 66.6 Å². The molecule has 7 nitrogen and oxygen atoms in total. The topological polar surface area (TPSA) is 78.3 Å². The zero-order chi connectivity index (χ0) is 23.4. The number of rotatable bonds is 7. The van der Waals surface area contributed by atoms with E-state index >= 15 is 0 Å². The predicted octanol–water partition coefficient (Wildman–Crippen LogP) is 4.46. The maximum atomic E-state index is 12.7. The van der Waals surface area contributed by atoms with Gasteiger partial charge >= 0.3 is 0 Å². The third kappa shape index (κ3) is 4.98. The molecule has 168 valence electrons. The molecule has 2 aromatic carbocycles. The number of hydrogen-bond acceptors (Lipinski definition) is 5. The lowest BCUT2D eigenvalue weighted by Crippen LogP contribution is -2.14. The van der Waals surface area contributed by atoms with Crippen LogP contribution in [-0.4, -0.2) is 24.5 Å². The summed E-state index contributed by atoms with van der Waals surface area (Å²) in [5, 5.41) is 2.86. The van der Waals surface area contributed by atoms with Crippen molar-refractivity contribution in [1.82, 2.24) is 4.40 Å². The van der Waals surface area contributed by atoms with Crippen LogP contribution < -0.4 is 25.1 Å². The van der Waals surface area contributed by atoms with Crippen LogP contribution in [0.25, 0.3) is 5.52 Å². The SMILES string of the molecule is COc1ccc(C(=O)Nc2cccc(OCc3cc(=O)n4ccc(C)cc4c3)c2)cc1OC. The van der Waals surface area contributed by atoms with E-state index in [2.05, 4.69) is 5.32 Å². The van der Waals surface area contributed by atoms with Crippen molar-refractivity contribution in [3.05, 3.63) is 100.0 Å². The second-order valence-electron chi connectivity index (χ2n) is 7.54. The van der Waals surface area contributed by atoms with E-state index in [1.165, 1.54) is 7.11 Å². The van der Waals surface area contributed by atoms with Gasteiger partial charge in [0.05, 0.1) is 14.2 Å². The maximum Gasteiger partial charge on any atom is 0.255 e. The van der Waals surface area contributed by atoms with Crippen molar-refractivity contribution < 1.29 is 19.0 Å². The summed E-state index contributed by atoms with van der Waals surface area (Å²) in [5.74, 6) is 1.31. The fraction of sp³-hybridized carbons (Fsp3) is 0.154. The van der Waals surface area contributed by atoms with Gasteiger partial charge in [0.1, 0.15) is 12.4 Å². The Hall–Kier alpha value is -4.26. The molecule has 2 aromatic heterocycles. The highest BCUT2D eigenvalue weighted by molar-refractivity contribution is 6.04. The third-order valence-corrected chi connectivity index (χ3v) is 5.16. The Morgan fingerprint density at radius 1 is 0.939 bits per heavy atom. The minimum Gasteiger partial charge on any atom is -0.493 e. The van der Waals surface area contributed by atoms with E-state index in [1.54, 1.807) is 66.2 Å². The van der Waals surface area contributed by atoms with E-state index in [9.17, 15) is 9.59 Å². The molecule has 4 aromatic rings. The van der Waals surface area contributed by atoms with E-state index in [0.29, 0.717) is 28.5 Å². The highest BCUT2D eigenvalue weighted by Crippen LogP contribution is 2.28. The summed E-state index contributed by atoms with van der Waals surface area (Å²) in [4.78, 5) is 25.0.